The van der Waals surface area contributed by atoms with Crippen molar-refractivity contribution in [2.45, 2.75) is 6.54 Å². The number of hydrogen-bond donors (Lipinski definition) is 3. The molecule has 70 valence electrons. The Labute approximate surface area is 77.1 Å². The van der Waals surface area contributed by atoms with Crippen LogP contribution in [0.4, 0.5) is 0 Å². The number of benzene rings is 1. The van der Waals surface area contributed by atoms with E-state index in [1.165, 1.54) is 7.11 Å². The molecule has 1 aromatic carbocycles. The molecule has 0 aliphatic heterocycles. The van der Waals surface area contributed by atoms with E-state index in [0.717, 1.165) is 5.56 Å². The summed E-state index contributed by atoms with van der Waals surface area (Å²) < 4.78 is 5.02. The van der Waals surface area contributed by atoms with Gasteiger partial charge in [-0.15, -0.1) is 0 Å². The molecule has 0 aliphatic rings. The molecule has 4 N–H and O–H groups in total. The van der Waals surface area contributed by atoms with Gasteiger partial charge in [-0.25, -0.2) is 0 Å². The molecule has 0 saturated heterocycles. The van der Waals surface area contributed by atoms with Gasteiger partial charge in [0.05, 0.1) is 7.11 Å². The SMILES string of the molecule is COc1cc(B(O)O)ccc1CN. The highest BCUT2D eigenvalue weighted by atomic mass is 16.5. The quantitative estimate of drug-likeness (QED) is 0.513. The monoisotopic (exact) mass is 181 g/mol. The van der Waals surface area contributed by atoms with E-state index in [2.05, 4.69) is 0 Å². The van der Waals surface area contributed by atoms with Gasteiger partial charge in [-0.2, -0.15) is 0 Å². The maximum Gasteiger partial charge on any atom is 0.488 e. The first-order valence-corrected chi connectivity index (χ1v) is 3.92. The summed E-state index contributed by atoms with van der Waals surface area (Å²) in [4.78, 5) is 0. The molecular formula is C8H12BNO3. The Morgan fingerprint density at radius 3 is 2.62 bits per heavy atom. The van der Waals surface area contributed by atoms with Crippen LogP contribution in [0.1, 0.15) is 5.56 Å². The van der Waals surface area contributed by atoms with Crippen LogP contribution in [0.25, 0.3) is 0 Å². The van der Waals surface area contributed by atoms with Gasteiger partial charge in [-0.05, 0) is 11.5 Å². The standard InChI is InChI=1S/C8H12BNO3/c1-13-8-4-7(9(11)12)3-2-6(8)5-10/h2-4,11-12H,5,10H2,1H3. The summed E-state index contributed by atoms with van der Waals surface area (Å²) in [6.07, 6.45) is 0. The summed E-state index contributed by atoms with van der Waals surface area (Å²) in [5.41, 5.74) is 6.68. The zero-order chi connectivity index (χ0) is 9.84. The van der Waals surface area contributed by atoms with Crippen molar-refractivity contribution in [2.75, 3.05) is 7.11 Å². The third-order valence-corrected chi connectivity index (χ3v) is 1.83. The van der Waals surface area contributed by atoms with Crippen molar-refractivity contribution in [3.05, 3.63) is 23.8 Å². The second-order valence-electron chi connectivity index (χ2n) is 2.65. The fourth-order valence-electron chi connectivity index (χ4n) is 1.09. The van der Waals surface area contributed by atoms with E-state index in [1.54, 1.807) is 18.2 Å². The highest BCUT2D eigenvalue weighted by Gasteiger charge is 2.12. The van der Waals surface area contributed by atoms with Crippen LogP contribution in [-0.2, 0) is 6.54 Å². The van der Waals surface area contributed by atoms with Crippen LogP contribution in [0.5, 0.6) is 5.75 Å². The molecule has 0 fully saturated rings. The molecule has 4 nitrogen and oxygen atoms in total. The van der Waals surface area contributed by atoms with Crippen molar-refractivity contribution in [3.63, 3.8) is 0 Å². The van der Waals surface area contributed by atoms with Gasteiger partial charge in [-0.1, -0.05) is 12.1 Å². The lowest BCUT2D eigenvalue weighted by molar-refractivity contribution is 0.407. The molecular weight excluding hydrogens is 169 g/mol. The minimum atomic E-state index is -1.47. The molecule has 5 heteroatoms. The van der Waals surface area contributed by atoms with Crippen molar-refractivity contribution in [1.82, 2.24) is 0 Å². The van der Waals surface area contributed by atoms with E-state index in [1.807, 2.05) is 0 Å². The van der Waals surface area contributed by atoms with Crippen molar-refractivity contribution in [1.29, 1.82) is 0 Å². The third-order valence-electron chi connectivity index (χ3n) is 1.83. The Morgan fingerprint density at radius 2 is 2.15 bits per heavy atom. The Balaban J connectivity index is 3.05. The van der Waals surface area contributed by atoms with Crippen molar-refractivity contribution in [2.24, 2.45) is 5.73 Å². The average molecular weight is 181 g/mol. The number of rotatable bonds is 3. The molecule has 0 amide bonds. The van der Waals surface area contributed by atoms with E-state index >= 15 is 0 Å². The molecule has 0 heterocycles. The Kier molecular flexibility index (Phi) is 3.30. The number of hydrogen-bond acceptors (Lipinski definition) is 4. The van der Waals surface area contributed by atoms with Crippen LogP contribution in [-0.4, -0.2) is 24.3 Å². The molecule has 0 aromatic heterocycles. The maximum atomic E-state index is 8.88. The Morgan fingerprint density at radius 1 is 1.46 bits per heavy atom. The summed E-state index contributed by atoms with van der Waals surface area (Å²) in [5, 5.41) is 17.8. The summed E-state index contributed by atoms with van der Waals surface area (Å²) in [6, 6.07) is 4.88. The van der Waals surface area contributed by atoms with E-state index in [4.69, 9.17) is 20.5 Å². The molecule has 0 unspecified atom stereocenters. The first-order chi connectivity index (χ1) is 6.19. The van der Waals surface area contributed by atoms with Gasteiger partial charge in [0, 0.05) is 12.1 Å². The summed E-state index contributed by atoms with van der Waals surface area (Å²) in [7, 11) is 0.0443. The van der Waals surface area contributed by atoms with E-state index in [0.29, 0.717) is 17.8 Å². The molecule has 0 saturated carbocycles. The second kappa shape index (κ2) is 4.27. The second-order valence-corrected chi connectivity index (χ2v) is 2.65. The van der Waals surface area contributed by atoms with E-state index in [9.17, 15) is 0 Å². The first-order valence-electron chi connectivity index (χ1n) is 3.92. The maximum absolute atomic E-state index is 8.88. The predicted molar refractivity (Wildman–Crippen MR) is 50.7 cm³/mol. The molecule has 1 aromatic rings. The van der Waals surface area contributed by atoms with Crippen molar-refractivity contribution >= 4 is 12.6 Å². The first kappa shape index (κ1) is 10.0. The lowest BCUT2D eigenvalue weighted by Gasteiger charge is -2.08. The lowest BCUT2D eigenvalue weighted by Crippen LogP contribution is -2.29. The van der Waals surface area contributed by atoms with Gasteiger partial charge in [0.15, 0.2) is 0 Å². The minimum Gasteiger partial charge on any atom is -0.496 e. The predicted octanol–water partition coefficient (Wildman–Crippen LogP) is -1.17. The number of ether oxygens (including phenoxy) is 1. The summed E-state index contributed by atoms with van der Waals surface area (Å²) in [5.74, 6) is 0.577. The molecule has 0 bridgehead atoms. The summed E-state index contributed by atoms with van der Waals surface area (Å²) >= 11 is 0. The van der Waals surface area contributed by atoms with Crippen molar-refractivity contribution < 1.29 is 14.8 Å². The van der Waals surface area contributed by atoms with Gasteiger partial charge in [0.25, 0.3) is 0 Å². The van der Waals surface area contributed by atoms with Crippen LogP contribution in [0, 0.1) is 0 Å². The van der Waals surface area contributed by atoms with E-state index in [-0.39, 0.29) is 0 Å². The number of nitrogens with two attached hydrogens (primary N) is 1. The molecule has 0 aliphatic carbocycles. The fraction of sp³-hybridized carbons (Fsp3) is 0.250. The fourth-order valence-corrected chi connectivity index (χ4v) is 1.09. The zero-order valence-corrected chi connectivity index (χ0v) is 7.40. The lowest BCUT2D eigenvalue weighted by atomic mass is 9.80. The normalized spacial score (nSPS) is 9.85. The molecule has 0 atom stereocenters. The van der Waals surface area contributed by atoms with Crippen LogP contribution in [0.15, 0.2) is 18.2 Å². The van der Waals surface area contributed by atoms with Gasteiger partial charge in [0.2, 0.25) is 0 Å². The molecule has 13 heavy (non-hydrogen) atoms. The molecule has 1 rings (SSSR count). The largest absolute Gasteiger partial charge is 0.496 e. The van der Waals surface area contributed by atoms with Gasteiger partial charge in [0.1, 0.15) is 5.75 Å². The van der Waals surface area contributed by atoms with Gasteiger partial charge < -0.3 is 20.5 Å². The van der Waals surface area contributed by atoms with Crippen LogP contribution in [0.2, 0.25) is 0 Å². The van der Waals surface area contributed by atoms with Gasteiger partial charge >= 0.3 is 7.12 Å². The summed E-state index contributed by atoms with van der Waals surface area (Å²) in [6.45, 7) is 0.366. The average Bonchev–Trinajstić information content (AvgIpc) is 2.16. The molecule has 0 spiro atoms. The van der Waals surface area contributed by atoms with Gasteiger partial charge in [-0.3, -0.25) is 0 Å². The number of methoxy groups -OCH3 is 1. The molecule has 0 radical (unpaired) electrons. The smallest absolute Gasteiger partial charge is 0.488 e. The Bertz CT molecular complexity index is 291. The Hall–Kier alpha value is -1.04. The third kappa shape index (κ3) is 2.21. The van der Waals surface area contributed by atoms with Crippen molar-refractivity contribution in [3.8, 4) is 5.75 Å². The van der Waals surface area contributed by atoms with Crippen LogP contribution >= 0.6 is 0 Å². The highest BCUT2D eigenvalue weighted by molar-refractivity contribution is 6.58. The van der Waals surface area contributed by atoms with Crippen LogP contribution < -0.4 is 15.9 Å². The highest BCUT2D eigenvalue weighted by Crippen LogP contribution is 2.14. The van der Waals surface area contributed by atoms with Crippen LogP contribution in [0.3, 0.4) is 0 Å². The topological polar surface area (TPSA) is 75.7 Å². The van der Waals surface area contributed by atoms with E-state index < -0.39 is 7.12 Å². The minimum absolute atomic E-state index is 0.366. The zero-order valence-electron chi connectivity index (χ0n) is 7.40.